The van der Waals surface area contributed by atoms with Crippen LogP contribution in [0.2, 0.25) is 0 Å². The molecule has 1 unspecified atom stereocenters. The van der Waals surface area contributed by atoms with Crippen LogP contribution in [0.5, 0.6) is 0 Å². The largest absolute Gasteiger partial charge is 0.312 e. The SMILES string of the molecule is O=C1CC(CBr)CN1c1ccc(Cn2cncn2)cc1. The summed E-state index contributed by atoms with van der Waals surface area (Å²) in [7, 11) is 0. The molecule has 5 nitrogen and oxygen atoms in total. The molecule has 1 fully saturated rings. The molecule has 104 valence electrons. The predicted molar refractivity (Wildman–Crippen MR) is 79.8 cm³/mol. The van der Waals surface area contributed by atoms with Crippen LogP contribution in [0.4, 0.5) is 5.69 Å². The van der Waals surface area contributed by atoms with E-state index < -0.39 is 0 Å². The molecule has 0 N–H and O–H groups in total. The highest BCUT2D eigenvalue weighted by Gasteiger charge is 2.29. The highest BCUT2D eigenvalue weighted by molar-refractivity contribution is 9.09. The van der Waals surface area contributed by atoms with E-state index in [0.717, 1.165) is 23.1 Å². The molecule has 0 bridgehead atoms. The van der Waals surface area contributed by atoms with Crippen LogP contribution in [-0.4, -0.2) is 32.5 Å². The van der Waals surface area contributed by atoms with Gasteiger partial charge < -0.3 is 4.90 Å². The topological polar surface area (TPSA) is 51.0 Å². The van der Waals surface area contributed by atoms with Gasteiger partial charge in [0, 0.05) is 24.0 Å². The number of benzene rings is 1. The summed E-state index contributed by atoms with van der Waals surface area (Å²) in [6.07, 6.45) is 3.85. The fourth-order valence-corrected chi connectivity index (χ4v) is 2.85. The molecule has 1 aliphatic rings. The van der Waals surface area contributed by atoms with Gasteiger partial charge in [0.15, 0.2) is 0 Å². The molecule has 0 saturated carbocycles. The Balaban J connectivity index is 1.71. The van der Waals surface area contributed by atoms with Gasteiger partial charge in [-0.15, -0.1) is 0 Å². The molecule has 2 heterocycles. The average Bonchev–Trinajstić information content (AvgIpc) is 3.09. The van der Waals surface area contributed by atoms with E-state index in [1.165, 1.54) is 6.33 Å². The van der Waals surface area contributed by atoms with Crippen LogP contribution in [0.1, 0.15) is 12.0 Å². The van der Waals surface area contributed by atoms with Crippen LogP contribution in [0.15, 0.2) is 36.9 Å². The lowest BCUT2D eigenvalue weighted by Crippen LogP contribution is -2.24. The lowest BCUT2D eigenvalue weighted by atomic mass is 10.1. The summed E-state index contributed by atoms with van der Waals surface area (Å²) >= 11 is 3.45. The number of alkyl halides is 1. The number of hydrogen-bond donors (Lipinski definition) is 0. The van der Waals surface area contributed by atoms with Crippen molar-refractivity contribution in [3.05, 3.63) is 42.5 Å². The van der Waals surface area contributed by atoms with E-state index in [4.69, 9.17) is 0 Å². The van der Waals surface area contributed by atoms with Crippen LogP contribution in [0, 0.1) is 5.92 Å². The Morgan fingerprint density at radius 1 is 1.30 bits per heavy atom. The molecule has 0 spiro atoms. The maximum atomic E-state index is 12.0. The Kier molecular flexibility index (Phi) is 3.82. The smallest absolute Gasteiger partial charge is 0.227 e. The van der Waals surface area contributed by atoms with Gasteiger partial charge in [-0.2, -0.15) is 5.10 Å². The van der Waals surface area contributed by atoms with Gasteiger partial charge in [-0.25, -0.2) is 9.67 Å². The van der Waals surface area contributed by atoms with E-state index in [1.54, 1.807) is 11.0 Å². The maximum Gasteiger partial charge on any atom is 0.227 e. The van der Waals surface area contributed by atoms with Crippen LogP contribution < -0.4 is 4.90 Å². The van der Waals surface area contributed by atoms with Crippen molar-refractivity contribution in [2.75, 3.05) is 16.8 Å². The number of carbonyl (C=O) groups is 1. The quantitative estimate of drug-likeness (QED) is 0.804. The van der Waals surface area contributed by atoms with Crippen LogP contribution in [0.3, 0.4) is 0 Å². The van der Waals surface area contributed by atoms with Crippen molar-refractivity contribution in [2.45, 2.75) is 13.0 Å². The number of halogens is 1. The minimum absolute atomic E-state index is 0.207. The molecule has 6 heteroatoms. The van der Waals surface area contributed by atoms with Crippen molar-refractivity contribution in [1.82, 2.24) is 14.8 Å². The first-order valence-electron chi connectivity index (χ1n) is 6.54. The number of anilines is 1. The molecule has 1 saturated heterocycles. The number of hydrogen-bond acceptors (Lipinski definition) is 3. The van der Waals surface area contributed by atoms with Gasteiger partial charge in [-0.1, -0.05) is 28.1 Å². The summed E-state index contributed by atoms with van der Waals surface area (Å²) in [6.45, 7) is 1.49. The van der Waals surface area contributed by atoms with Crippen molar-refractivity contribution in [1.29, 1.82) is 0 Å². The first-order valence-corrected chi connectivity index (χ1v) is 7.66. The number of rotatable bonds is 4. The fraction of sp³-hybridized carbons (Fsp3) is 0.357. The third-order valence-corrected chi connectivity index (χ3v) is 4.40. The molecular weight excluding hydrogens is 320 g/mol. The highest BCUT2D eigenvalue weighted by atomic mass is 79.9. The van der Waals surface area contributed by atoms with E-state index in [1.807, 2.05) is 29.2 Å². The highest BCUT2D eigenvalue weighted by Crippen LogP contribution is 2.26. The molecule has 0 radical (unpaired) electrons. The average molecular weight is 335 g/mol. The van der Waals surface area contributed by atoms with Crippen LogP contribution >= 0.6 is 15.9 Å². The number of nitrogens with zero attached hydrogens (tertiary/aromatic N) is 4. The van der Waals surface area contributed by atoms with Crippen molar-refractivity contribution in [3.8, 4) is 0 Å². The first-order chi connectivity index (χ1) is 9.76. The Labute approximate surface area is 125 Å². The summed E-state index contributed by atoms with van der Waals surface area (Å²) in [4.78, 5) is 17.8. The summed E-state index contributed by atoms with van der Waals surface area (Å²) in [5.41, 5.74) is 2.11. The minimum atomic E-state index is 0.207. The molecule has 1 aromatic carbocycles. The number of amides is 1. The van der Waals surface area contributed by atoms with Crippen LogP contribution in [-0.2, 0) is 11.3 Å². The van der Waals surface area contributed by atoms with Gasteiger partial charge in [-0.05, 0) is 23.6 Å². The van der Waals surface area contributed by atoms with Crippen LogP contribution in [0.25, 0.3) is 0 Å². The van der Waals surface area contributed by atoms with Crippen molar-refractivity contribution >= 4 is 27.5 Å². The standard InChI is InChI=1S/C14H15BrN4O/c15-6-12-5-14(20)19(8-12)13-3-1-11(2-4-13)7-18-10-16-9-17-18/h1-4,9-10,12H,5-8H2. The molecule has 1 atom stereocenters. The zero-order valence-corrected chi connectivity index (χ0v) is 12.5. The summed E-state index contributed by atoms with van der Waals surface area (Å²) < 4.78 is 1.77. The van der Waals surface area contributed by atoms with Crippen molar-refractivity contribution < 1.29 is 4.79 Å². The minimum Gasteiger partial charge on any atom is -0.312 e. The molecule has 0 aliphatic carbocycles. The lowest BCUT2D eigenvalue weighted by Gasteiger charge is -2.16. The van der Waals surface area contributed by atoms with Gasteiger partial charge in [0.1, 0.15) is 12.7 Å². The van der Waals surface area contributed by atoms with Gasteiger partial charge >= 0.3 is 0 Å². The molecule has 1 amide bonds. The van der Waals surface area contributed by atoms with E-state index in [2.05, 4.69) is 26.0 Å². The first kappa shape index (κ1) is 13.3. The van der Waals surface area contributed by atoms with Gasteiger partial charge in [0.05, 0.1) is 6.54 Å². The maximum absolute atomic E-state index is 12.0. The van der Waals surface area contributed by atoms with Gasteiger partial charge in [0.25, 0.3) is 0 Å². The van der Waals surface area contributed by atoms with E-state index in [0.29, 0.717) is 18.9 Å². The van der Waals surface area contributed by atoms with E-state index in [9.17, 15) is 4.79 Å². The summed E-state index contributed by atoms with van der Waals surface area (Å²) in [6, 6.07) is 8.07. The third-order valence-electron chi connectivity index (χ3n) is 3.48. The molecular formula is C14H15BrN4O. The molecule has 2 aromatic rings. The lowest BCUT2D eigenvalue weighted by molar-refractivity contribution is -0.117. The zero-order valence-electron chi connectivity index (χ0n) is 10.9. The normalized spacial score (nSPS) is 18.8. The van der Waals surface area contributed by atoms with E-state index >= 15 is 0 Å². The Morgan fingerprint density at radius 3 is 2.70 bits per heavy atom. The molecule has 1 aromatic heterocycles. The third kappa shape index (κ3) is 2.75. The second kappa shape index (κ2) is 5.75. The second-order valence-electron chi connectivity index (χ2n) is 4.99. The fourth-order valence-electron chi connectivity index (χ4n) is 2.42. The Bertz CT molecular complexity index is 582. The molecule has 1 aliphatic heterocycles. The van der Waals surface area contributed by atoms with Gasteiger partial charge in [-0.3, -0.25) is 4.79 Å². The van der Waals surface area contributed by atoms with E-state index in [-0.39, 0.29) is 5.91 Å². The zero-order chi connectivity index (χ0) is 13.9. The van der Waals surface area contributed by atoms with Crippen molar-refractivity contribution in [3.63, 3.8) is 0 Å². The van der Waals surface area contributed by atoms with Crippen molar-refractivity contribution in [2.24, 2.45) is 5.92 Å². The Morgan fingerprint density at radius 2 is 2.10 bits per heavy atom. The number of carbonyl (C=O) groups excluding carboxylic acids is 1. The molecule has 20 heavy (non-hydrogen) atoms. The Hall–Kier alpha value is -1.69. The summed E-state index contributed by atoms with van der Waals surface area (Å²) in [5.74, 6) is 0.621. The molecule has 3 rings (SSSR count). The summed E-state index contributed by atoms with van der Waals surface area (Å²) in [5, 5.41) is 4.95. The second-order valence-corrected chi connectivity index (χ2v) is 5.64. The number of aromatic nitrogens is 3. The predicted octanol–water partition coefficient (Wildman–Crippen LogP) is 2.07. The monoisotopic (exact) mass is 334 g/mol. The van der Waals surface area contributed by atoms with Gasteiger partial charge in [0.2, 0.25) is 5.91 Å².